The van der Waals surface area contributed by atoms with E-state index in [0.717, 1.165) is 19.3 Å². The van der Waals surface area contributed by atoms with E-state index in [0.29, 0.717) is 12.2 Å². The molecule has 33 heavy (non-hydrogen) atoms. The first-order valence-electron chi connectivity index (χ1n) is 11.4. The highest BCUT2D eigenvalue weighted by atomic mass is 31.2. The predicted molar refractivity (Wildman–Crippen MR) is 118 cm³/mol. The van der Waals surface area contributed by atoms with Crippen molar-refractivity contribution in [2.75, 3.05) is 6.61 Å². The summed E-state index contributed by atoms with van der Waals surface area (Å²) >= 11 is 0. The zero-order valence-corrected chi connectivity index (χ0v) is 19.6. The number of ether oxygens (including phenoxy) is 1. The SMILES string of the molecule is CCCCCCCCCCc1nc2c(ncn2C2O[C@@H](COP(=O)(O)O)[C@H](O)[C@@H]2O)c(=O)[nH]1. The van der Waals surface area contributed by atoms with Crippen LogP contribution in [0.5, 0.6) is 0 Å². The summed E-state index contributed by atoms with van der Waals surface area (Å²) in [5, 5.41) is 20.6. The van der Waals surface area contributed by atoms with Crippen molar-refractivity contribution < 1.29 is 33.8 Å². The van der Waals surface area contributed by atoms with Gasteiger partial charge in [0.2, 0.25) is 0 Å². The summed E-state index contributed by atoms with van der Waals surface area (Å²) in [6, 6.07) is 0. The zero-order chi connectivity index (χ0) is 24.0. The minimum atomic E-state index is -4.77. The monoisotopic (exact) mass is 488 g/mol. The number of aryl methyl sites for hydroxylation is 1. The van der Waals surface area contributed by atoms with E-state index in [4.69, 9.17) is 14.5 Å². The van der Waals surface area contributed by atoms with Crippen molar-refractivity contribution in [3.8, 4) is 0 Å². The summed E-state index contributed by atoms with van der Waals surface area (Å²) in [6.45, 7) is 1.57. The lowest BCUT2D eigenvalue weighted by Crippen LogP contribution is -2.33. The van der Waals surface area contributed by atoms with Gasteiger partial charge >= 0.3 is 7.82 Å². The molecule has 5 N–H and O–H groups in total. The van der Waals surface area contributed by atoms with E-state index in [1.165, 1.54) is 43.0 Å². The maximum absolute atomic E-state index is 12.5. The van der Waals surface area contributed by atoms with E-state index < -0.39 is 44.5 Å². The highest BCUT2D eigenvalue weighted by Gasteiger charge is 2.45. The van der Waals surface area contributed by atoms with Crippen LogP contribution in [0.1, 0.15) is 70.3 Å². The summed E-state index contributed by atoms with van der Waals surface area (Å²) in [6.07, 6.45) is 5.86. The molecule has 0 aliphatic carbocycles. The number of nitrogens with zero attached hydrogens (tertiary/aromatic N) is 3. The summed E-state index contributed by atoms with van der Waals surface area (Å²) in [5.74, 6) is 0.495. The van der Waals surface area contributed by atoms with Crippen LogP contribution in [0.4, 0.5) is 0 Å². The molecule has 0 amide bonds. The molecule has 1 aliphatic rings. The molecule has 3 heterocycles. The highest BCUT2D eigenvalue weighted by molar-refractivity contribution is 7.46. The van der Waals surface area contributed by atoms with Gasteiger partial charge in [-0.1, -0.05) is 51.9 Å². The molecular formula is C20H33N4O8P. The molecule has 1 fully saturated rings. The van der Waals surface area contributed by atoms with Crippen LogP contribution in [-0.2, 0) is 20.2 Å². The van der Waals surface area contributed by atoms with Crippen LogP contribution < -0.4 is 5.56 Å². The number of phosphoric acid groups is 1. The molecule has 1 aliphatic heterocycles. The summed E-state index contributed by atoms with van der Waals surface area (Å²) < 4.78 is 22.2. The Kier molecular flexibility index (Phi) is 9.17. The number of aliphatic hydroxyl groups excluding tert-OH is 2. The van der Waals surface area contributed by atoms with E-state index in [1.54, 1.807) is 0 Å². The second-order valence-corrected chi connectivity index (χ2v) is 9.63. The fourth-order valence-electron chi connectivity index (χ4n) is 3.97. The molecule has 2 aromatic rings. The predicted octanol–water partition coefficient (Wildman–Crippen LogP) is 1.53. The molecule has 0 saturated carbocycles. The van der Waals surface area contributed by atoms with E-state index in [9.17, 15) is 19.6 Å². The Labute approximate surface area is 191 Å². The Morgan fingerprint density at radius 3 is 2.45 bits per heavy atom. The van der Waals surface area contributed by atoms with Crippen LogP contribution in [0.3, 0.4) is 0 Å². The van der Waals surface area contributed by atoms with Crippen molar-refractivity contribution in [1.29, 1.82) is 0 Å². The van der Waals surface area contributed by atoms with Gasteiger partial charge in [-0.2, -0.15) is 0 Å². The van der Waals surface area contributed by atoms with E-state index in [2.05, 4.69) is 26.4 Å². The Balaban J connectivity index is 1.65. The summed E-state index contributed by atoms with van der Waals surface area (Å²) in [7, 11) is -4.77. The third kappa shape index (κ3) is 6.92. The Hall–Kier alpha value is -1.66. The largest absolute Gasteiger partial charge is 0.469 e. The molecule has 186 valence electrons. The fourth-order valence-corrected chi connectivity index (χ4v) is 4.31. The Morgan fingerprint density at radius 2 is 1.79 bits per heavy atom. The molecular weight excluding hydrogens is 455 g/mol. The maximum Gasteiger partial charge on any atom is 0.469 e. The minimum absolute atomic E-state index is 0.0647. The second kappa shape index (κ2) is 11.7. The molecule has 0 radical (unpaired) electrons. The number of phosphoric ester groups is 1. The van der Waals surface area contributed by atoms with Crippen molar-refractivity contribution in [1.82, 2.24) is 19.5 Å². The van der Waals surface area contributed by atoms with Gasteiger partial charge in [-0.05, 0) is 6.42 Å². The lowest BCUT2D eigenvalue weighted by atomic mass is 10.1. The Morgan fingerprint density at radius 1 is 1.12 bits per heavy atom. The molecule has 1 saturated heterocycles. The molecule has 4 atom stereocenters. The van der Waals surface area contributed by atoms with E-state index in [1.807, 2.05) is 0 Å². The maximum atomic E-state index is 12.5. The van der Waals surface area contributed by atoms with Crippen LogP contribution in [0, 0.1) is 0 Å². The molecule has 12 nitrogen and oxygen atoms in total. The second-order valence-electron chi connectivity index (χ2n) is 8.39. The van der Waals surface area contributed by atoms with Gasteiger partial charge in [0.1, 0.15) is 24.1 Å². The van der Waals surface area contributed by atoms with Gasteiger partial charge in [0.05, 0.1) is 12.9 Å². The number of hydrogen-bond donors (Lipinski definition) is 5. The van der Waals surface area contributed by atoms with Crippen molar-refractivity contribution >= 4 is 19.0 Å². The van der Waals surface area contributed by atoms with Gasteiger partial charge in [-0.25, -0.2) is 14.5 Å². The lowest BCUT2D eigenvalue weighted by Gasteiger charge is -2.16. The topological polar surface area (TPSA) is 180 Å². The molecule has 3 rings (SSSR count). The van der Waals surface area contributed by atoms with Crippen LogP contribution in [-0.4, -0.2) is 64.4 Å². The molecule has 13 heteroatoms. The third-order valence-electron chi connectivity index (χ3n) is 5.77. The van der Waals surface area contributed by atoms with E-state index in [-0.39, 0.29) is 11.2 Å². The third-order valence-corrected chi connectivity index (χ3v) is 6.25. The molecule has 0 spiro atoms. The van der Waals surface area contributed by atoms with Crippen molar-refractivity contribution in [3.63, 3.8) is 0 Å². The lowest BCUT2D eigenvalue weighted by molar-refractivity contribution is -0.0504. The number of aliphatic hydroxyl groups is 2. The van der Waals surface area contributed by atoms with Crippen LogP contribution >= 0.6 is 7.82 Å². The number of aromatic amines is 1. The summed E-state index contributed by atoms with van der Waals surface area (Å²) in [5.41, 5.74) is -0.154. The highest BCUT2D eigenvalue weighted by Crippen LogP contribution is 2.38. The molecule has 0 aromatic carbocycles. The van der Waals surface area contributed by atoms with Crippen molar-refractivity contribution in [3.05, 3.63) is 22.5 Å². The van der Waals surface area contributed by atoms with Gasteiger partial charge in [-0.3, -0.25) is 13.9 Å². The van der Waals surface area contributed by atoms with Crippen LogP contribution in [0.2, 0.25) is 0 Å². The number of rotatable bonds is 13. The smallest absolute Gasteiger partial charge is 0.387 e. The standard InChI is InChI=1S/C20H33N4O8P/c1-2-3-4-5-6-7-8-9-10-14-22-18-15(19(27)23-14)21-12-24(18)20-17(26)16(25)13(32-20)11-31-33(28,29)30/h12-13,16-17,20,25-26H,2-11H2,1H3,(H,22,23,27)(H2,28,29,30)/t13-,16-,17-,20?/m0/s1. The van der Waals surface area contributed by atoms with Crippen molar-refractivity contribution in [2.24, 2.45) is 0 Å². The number of H-pyrrole nitrogens is 1. The van der Waals surface area contributed by atoms with E-state index >= 15 is 0 Å². The first kappa shape index (κ1) is 26.0. The quantitative estimate of drug-likeness (QED) is 0.205. The van der Waals surface area contributed by atoms with Crippen molar-refractivity contribution in [2.45, 2.75) is 89.3 Å². The number of fused-ring (bicyclic) bond motifs is 1. The minimum Gasteiger partial charge on any atom is -0.387 e. The number of nitrogens with one attached hydrogen (secondary N) is 1. The van der Waals surface area contributed by atoms with Gasteiger partial charge in [0.25, 0.3) is 5.56 Å². The normalized spacial score (nSPS) is 23.5. The van der Waals surface area contributed by atoms with Gasteiger partial charge in [-0.15, -0.1) is 0 Å². The number of unbranched alkanes of at least 4 members (excludes halogenated alkanes) is 7. The van der Waals surface area contributed by atoms with Gasteiger partial charge < -0.3 is 29.7 Å². The van der Waals surface area contributed by atoms with Crippen LogP contribution in [0.25, 0.3) is 11.2 Å². The first-order chi connectivity index (χ1) is 15.7. The average Bonchev–Trinajstić information content (AvgIpc) is 3.30. The molecule has 2 aromatic heterocycles. The summed E-state index contributed by atoms with van der Waals surface area (Å²) in [4.78, 5) is 41.4. The molecule has 1 unspecified atom stereocenters. The zero-order valence-electron chi connectivity index (χ0n) is 18.7. The number of aromatic nitrogens is 4. The van der Waals surface area contributed by atoms with Crippen LogP contribution in [0.15, 0.2) is 11.1 Å². The first-order valence-corrected chi connectivity index (χ1v) is 12.9. The molecule has 0 bridgehead atoms. The fraction of sp³-hybridized carbons (Fsp3) is 0.750. The Bertz CT molecular complexity index is 1010. The number of hydrogen-bond acceptors (Lipinski definition) is 8. The average molecular weight is 488 g/mol. The number of imidazole rings is 1. The van der Waals surface area contributed by atoms with Gasteiger partial charge in [0, 0.05) is 6.42 Å². The van der Waals surface area contributed by atoms with Gasteiger partial charge in [0.15, 0.2) is 17.4 Å².